The Bertz CT molecular complexity index is 3190. The average molecular weight is 797 g/mol. The summed E-state index contributed by atoms with van der Waals surface area (Å²) < 4.78 is 9.55. The van der Waals surface area contributed by atoms with Gasteiger partial charge in [0.15, 0.2) is 0 Å². The highest BCUT2D eigenvalue weighted by atomic mass is 31.2. The molecule has 4 aromatic heterocycles. The molecule has 8 aromatic carbocycles. The van der Waals surface area contributed by atoms with Crippen LogP contribution in [-0.2, 0) is 28.2 Å². The number of hydrogen-bond acceptors (Lipinski definition) is 0. The van der Waals surface area contributed by atoms with E-state index in [1.807, 2.05) is 0 Å². The van der Waals surface area contributed by atoms with Gasteiger partial charge < -0.3 is 18.3 Å². The fourth-order valence-corrected chi connectivity index (χ4v) is 16.5. The molecule has 0 saturated carbocycles. The zero-order valence-corrected chi connectivity index (χ0v) is 35.3. The van der Waals surface area contributed by atoms with Gasteiger partial charge in [-0.05, 0) is 85.6 Å². The van der Waals surface area contributed by atoms with E-state index in [2.05, 4.69) is 216 Å². The first-order chi connectivity index (χ1) is 28.9. The molecular weight excluding hydrogens is 755 g/mol. The number of nitrogens with zero attached hydrogens (tertiary/aromatic N) is 4. The van der Waals surface area contributed by atoms with Crippen molar-refractivity contribution >= 4 is 124 Å². The maximum absolute atomic E-state index is 2.51. The van der Waals surface area contributed by atoms with E-state index in [1.54, 1.807) is 0 Å². The van der Waals surface area contributed by atoms with Gasteiger partial charge >= 0.3 is 0 Å². The van der Waals surface area contributed by atoms with Crippen LogP contribution in [-0.4, -0.2) is 24.2 Å². The van der Waals surface area contributed by atoms with Crippen LogP contribution in [0.3, 0.4) is 0 Å². The van der Waals surface area contributed by atoms with Gasteiger partial charge in [-0.25, -0.2) is 0 Å². The summed E-state index contributed by atoms with van der Waals surface area (Å²) in [6, 6.07) is 64.7. The molecule has 0 atom stereocenters. The maximum atomic E-state index is 2.51. The van der Waals surface area contributed by atoms with Crippen LogP contribution >= 0.6 is 15.8 Å². The molecule has 0 unspecified atom stereocenters. The van der Waals surface area contributed by atoms with Crippen molar-refractivity contribution in [3.63, 3.8) is 0 Å². The topological polar surface area (TPSA) is 19.7 Å². The van der Waals surface area contributed by atoms with Crippen LogP contribution in [0.15, 0.2) is 170 Å². The highest BCUT2D eigenvalue weighted by Crippen LogP contribution is 2.51. The van der Waals surface area contributed by atoms with Gasteiger partial charge in [0.1, 0.15) is 0 Å². The van der Waals surface area contributed by atoms with Crippen LogP contribution in [0.1, 0.15) is 0 Å². The molecule has 12 rings (SSSR count). The lowest BCUT2D eigenvalue weighted by molar-refractivity contribution is 1.01. The predicted molar refractivity (Wildman–Crippen MR) is 259 cm³/mol. The Morgan fingerprint density at radius 2 is 0.492 bits per heavy atom. The summed E-state index contributed by atoms with van der Waals surface area (Å²) in [5, 5.41) is 16.2. The molecule has 284 valence electrons. The fraction of sp³-hybridized carbons (Fsp3) is 0.0943. The minimum atomic E-state index is -0.820. The van der Waals surface area contributed by atoms with Gasteiger partial charge in [-0.2, -0.15) is 0 Å². The Hall–Kier alpha value is -6.18. The van der Waals surface area contributed by atoms with E-state index < -0.39 is 15.8 Å². The summed E-state index contributed by atoms with van der Waals surface area (Å²) in [5.74, 6) is 1.03. The normalized spacial score (nSPS) is 12.4. The minimum absolute atomic E-state index is 0.820. The third-order valence-electron chi connectivity index (χ3n) is 13.1. The molecule has 0 N–H and O–H groups in total. The van der Waals surface area contributed by atoms with E-state index in [9.17, 15) is 0 Å². The summed E-state index contributed by atoms with van der Waals surface area (Å²) in [6.45, 7) is 0. The monoisotopic (exact) mass is 796 g/mol. The molecule has 0 aliphatic carbocycles. The Labute approximate surface area is 345 Å². The maximum Gasteiger partial charge on any atom is 0.0495 e. The number of rotatable bonds is 6. The molecule has 0 saturated heterocycles. The fourth-order valence-electron chi connectivity index (χ4n) is 10.0. The Morgan fingerprint density at radius 1 is 0.271 bits per heavy atom. The molecule has 59 heavy (non-hydrogen) atoms. The molecule has 4 heterocycles. The molecule has 4 nitrogen and oxygen atoms in total. The summed E-state index contributed by atoms with van der Waals surface area (Å²) in [4.78, 5) is 0. The molecule has 6 heteroatoms. The van der Waals surface area contributed by atoms with Gasteiger partial charge in [-0.3, -0.25) is 0 Å². The van der Waals surface area contributed by atoms with Gasteiger partial charge in [-0.15, -0.1) is 0 Å². The third-order valence-corrected chi connectivity index (χ3v) is 19.0. The predicted octanol–water partition coefficient (Wildman–Crippen LogP) is 11.8. The second-order valence-electron chi connectivity index (χ2n) is 16.1. The number of fused-ring (bicyclic) bond motifs is 12. The van der Waals surface area contributed by atoms with Crippen LogP contribution in [0.4, 0.5) is 0 Å². The Kier molecular flexibility index (Phi) is 7.77. The van der Waals surface area contributed by atoms with Gasteiger partial charge in [0.2, 0.25) is 0 Å². The smallest absolute Gasteiger partial charge is 0.0495 e. The molecule has 0 aliphatic rings. The SMILES string of the molecule is Cn1c2ccccc2c2ccc(P(CP(c3ccc4c5ccccc5n(C)c4c3)c3ccc4c5ccccc5n(C)c4c3)c3ccc4c5ccccc5n(C)c4c3)cc21. The van der Waals surface area contributed by atoms with Crippen molar-refractivity contribution in [2.45, 2.75) is 0 Å². The number of benzene rings is 8. The summed E-state index contributed by atoms with van der Waals surface area (Å²) >= 11 is 0. The molecular formula is C53H42N4P2. The minimum Gasteiger partial charge on any atom is -0.344 e. The van der Waals surface area contributed by atoms with Crippen molar-refractivity contribution in [3.05, 3.63) is 170 Å². The van der Waals surface area contributed by atoms with E-state index >= 15 is 0 Å². The van der Waals surface area contributed by atoms with Gasteiger partial charge in [0.05, 0.1) is 0 Å². The van der Waals surface area contributed by atoms with E-state index in [1.165, 1.54) is 108 Å². The highest BCUT2D eigenvalue weighted by molar-refractivity contribution is 7.88. The van der Waals surface area contributed by atoms with Crippen LogP contribution in [0.5, 0.6) is 0 Å². The molecule has 0 amide bonds. The summed E-state index contributed by atoms with van der Waals surface area (Å²) in [6.07, 6.45) is 0. The molecule has 12 aromatic rings. The lowest BCUT2D eigenvalue weighted by Crippen LogP contribution is -2.20. The van der Waals surface area contributed by atoms with Crippen molar-refractivity contribution in [1.29, 1.82) is 0 Å². The van der Waals surface area contributed by atoms with Crippen LogP contribution in [0.25, 0.3) is 87.2 Å². The zero-order chi connectivity index (χ0) is 39.5. The highest BCUT2D eigenvalue weighted by Gasteiger charge is 2.26. The number of aryl methyl sites for hydroxylation is 4. The van der Waals surface area contributed by atoms with Crippen molar-refractivity contribution < 1.29 is 0 Å². The van der Waals surface area contributed by atoms with Gasteiger partial charge in [-0.1, -0.05) is 121 Å². The third kappa shape index (κ3) is 5.16. The summed E-state index contributed by atoms with van der Waals surface area (Å²) in [5.41, 5.74) is 10.3. The van der Waals surface area contributed by atoms with Crippen molar-refractivity contribution in [3.8, 4) is 0 Å². The largest absolute Gasteiger partial charge is 0.344 e. The van der Waals surface area contributed by atoms with Crippen LogP contribution < -0.4 is 21.2 Å². The van der Waals surface area contributed by atoms with Crippen molar-refractivity contribution in [1.82, 2.24) is 18.3 Å². The van der Waals surface area contributed by atoms with Crippen molar-refractivity contribution in [2.75, 3.05) is 5.90 Å². The van der Waals surface area contributed by atoms with Gasteiger partial charge in [0, 0.05) is 121 Å². The van der Waals surface area contributed by atoms with E-state index in [0.29, 0.717) is 0 Å². The number of aromatic nitrogens is 4. The van der Waals surface area contributed by atoms with Crippen LogP contribution in [0, 0.1) is 0 Å². The summed E-state index contributed by atoms with van der Waals surface area (Å²) in [7, 11) is 7.26. The first kappa shape index (κ1) is 34.8. The number of hydrogen-bond donors (Lipinski definition) is 0. The molecule has 0 aliphatic heterocycles. The second-order valence-corrected chi connectivity index (χ2v) is 21.0. The van der Waals surface area contributed by atoms with Crippen LogP contribution in [0.2, 0.25) is 0 Å². The number of para-hydroxylation sites is 4. The quantitative estimate of drug-likeness (QED) is 0.149. The van der Waals surface area contributed by atoms with E-state index in [4.69, 9.17) is 0 Å². The van der Waals surface area contributed by atoms with Crippen molar-refractivity contribution in [2.24, 2.45) is 28.2 Å². The Morgan fingerprint density at radius 3 is 0.746 bits per heavy atom. The standard InChI is InChI=1S/C53H42N4P2/c1-54-46-17-9-5-13-38(46)42-25-21-34(29-50(42)54)58(35-22-26-43-39-14-6-10-18-47(39)55(2)51(43)30-35)33-59(36-23-27-44-40-15-7-11-19-48(40)56(3)52(44)31-36)37-24-28-45-41-16-8-12-20-49(41)57(4)53(45)32-37/h5-32H,33H2,1-4H3. The molecule has 0 fully saturated rings. The second kappa shape index (κ2) is 13.2. The Balaban J connectivity index is 1.10. The van der Waals surface area contributed by atoms with E-state index in [0.717, 1.165) is 5.90 Å². The average Bonchev–Trinajstić information content (AvgIpc) is 3.95. The molecule has 0 radical (unpaired) electrons. The van der Waals surface area contributed by atoms with E-state index in [-0.39, 0.29) is 0 Å². The lowest BCUT2D eigenvalue weighted by atomic mass is 10.1. The first-order valence-corrected chi connectivity index (χ1v) is 23.4. The van der Waals surface area contributed by atoms with Gasteiger partial charge in [0.25, 0.3) is 0 Å². The first-order valence-electron chi connectivity index (χ1n) is 20.4. The zero-order valence-electron chi connectivity index (χ0n) is 33.6. The molecule has 0 spiro atoms. The lowest BCUT2D eigenvalue weighted by Gasteiger charge is -2.27. The molecule has 0 bridgehead atoms.